The van der Waals surface area contributed by atoms with Gasteiger partial charge in [-0.25, -0.2) is 14.6 Å². The highest BCUT2D eigenvalue weighted by atomic mass is 16.6. The van der Waals surface area contributed by atoms with Crippen molar-refractivity contribution in [3.8, 4) is 22.8 Å². The number of amides is 2. The highest BCUT2D eigenvalue weighted by Crippen LogP contribution is 2.32. The summed E-state index contributed by atoms with van der Waals surface area (Å²) in [5, 5.41) is 5.34. The molecule has 0 saturated carbocycles. The predicted octanol–water partition coefficient (Wildman–Crippen LogP) is 3.98. The van der Waals surface area contributed by atoms with Gasteiger partial charge in [-0.2, -0.15) is 0 Å². The Labute approximate surface area is 189 Å². The number of hydrogen-bond donors (Lipinski definition) is 2. The van der Waals surface area contributed by atoms with Crippen LogP contribution in [-0.4, -0.2) is 43.6 Å². The van der Waals surface area contributed by atoms with Crippen molar-refractivity contribution in [2.75, 3.05) is 25.6 Å². The van der Waals surface area contributed by atoms with E-state index in [9.17, 15) is 9.59 Å². The van der Waals surface area contributed by atoms with E-state index in [1.54, 1.807) is 48.7 Å². The van der Waals surface area contributed by atoms with E-state index in [4.69, 9.17) is 23.4 Å². The van der Waals surface area contributed by atoms with Gasteiger partial charge in [0.15, 0.2) is 12.2 Å². The molecule has 1 atom stereocenters. The summed E-state index contributed by atoms with van der Waals surface area (Å²) in [6.07, 6.45) is 2.19. The molecule has 0 aliphatic carbocycles. The van der Waals surface area contributed by atoms with E-state index in [1.165, 1.54) is 13.5 Å². The number of rotatable bonds is 7. The van der Waals surface area contributed by atoms with Crippen LogP contribution in [-0.2, 0) is 16.0 Å². The lowest BCUT2D eigenvalue weighted by molar-refractivity contribution is 0.0828. The first-order chi connectivity index (χ1) is 16.1. The molecule has 172 valence electrons. The van der Waals surface area contributed by atoms with Gasteiger partial charge in [-0.05, 0) is 29.8 Å². The van der Waals surface area contributed by atoms with Crippen molar-refractivity contribution in [2.24, 2.45) is 0 Å². The summed E-state index contributed by atoms with van der Waals surface area (Å²) in [5.41, 5.74) is 1.93. The van der Waals surface area contributed by atoms with Gasteiger partial charge < -0.3 is 28.7 Å². The Kier molecular flexibility index (Phi) is 7.06. The number of carbonyl (C=O) groups is 2. The summed E-state index contributed by atoms with van der Waals surface area (Å²) >= 11 is 0. The van der Waals surface area contributed by atoms with Gasteiger partial charge in [0, 0.05) is 24.7 Å². The Balaban J connectivity index is 1.31. The van der Waals surface area contributed by atoms with Gasteiger partial charge in [-0.3, -0.25) is 5.32 Å². The van der Waals surface area contributed by atoms with Crippen molar-refractivity contribution in [1.29, 1.82) is 0 Å². The zero-order valence-corrected chi connectivity index (χ0v) is 17.9. The number of benzene rings is 2. The summed E-state index contributed by atoms with van der Waals surface area (Å²) < 4.78 is 26.5. The second-order valence-electron chi connectivity index (χ2n) is 7.19. The zero-order chi connectivity index (χ0) is 23.0. The smallest absolute Gasteiger partial charge is 0.417 e. The maximum atomic E-state index is 12.4. The number of carbonyl (C=O) groups excluding carboxylic acids is 2. The van der Waals surface area contributed by atoms with E-state index in [0.717, 1.165) is 5.56 Å². The number of aromatic nitrogens is 1. The highest BCUT2D eigenvalue weighted by molar-refractivity contribution is 5.87. The van der Waals surface area contributed by atoms with Gasteiger partial charge in [0.1, 0.15) is 17.6 Å². The van der Waals surface area contributed by atoms with Gasteiger partial charge in [-0.1, -0.05) is 12.1 Å². The third-order valence-corrected chi connectivity index (χ3v) is 4.85. The predicted molar refractivity (Wildman–Crippen MR) is 117 cm³/mol. The van der Waals surface area contributed by atoms with Gasteiger partial charge in [-0.15, -0.1) is 0 Å². The number of oxazole rings is 1. The molecule has 1 fully saturated rings. The Morgan fingerprint density at radius 2 is 2.09 bits per heavy atom. The number of nitrogens with zero attached hydrogens (tertiary/aromatic N) is 1. The van der Waals surface area contributed by atoms with Crippen LogP contribution in [0.15, 0.2) is 59.5 Å². The number of nitrogens with one attached hydrogen (secondary N) is 2. The Bertz CT molecular complexity index is 1100. The monoisotopic (exact) mass is 453 g/mol. The third-order valence-electron chi connectivity index (χ3n) is 4.85. The average molecular weight is 453 g/mol. The Hall–Kier alpha value is -4.05. The first-order valence-electron chi connectivity index (χ1n) is 10.3. The minimum atomic E-state index is -0.671. The Morgan fingerprint density at radius 1 is 1.18 bits per heavy atom. The molecule has 1 aliphatic rings. The SMILES string of the molecule is COc1cc(NC(=O)Oc2cccc(CNC(=O)O[C@H]3CCOC3)c2)ccc1-c1cnco1. The fourth-order valence-electron chi connectivity index (χ4n) is 3.26. The molecule has 0 radical (unpaired) electrons. The van der Waals surface area contributed by atoms with Gasteiger partial charge in [0.25, 0.3) is 0 Å². The van der Waals surface area contributed by atoms with Crippen molar-refractivity contribution in [1.82, 2.24) is 10.3 Å². The quantitative estimate of drug-likeness (QED) is 0.551. The van der Waals surface area contributed by atoms with Crippen molar-refractivity contribution >= 4 is 17.9 Å². The minimum Gasteiger partial charge on any atom is -0.496 e. The average Bonchev–Trinajstić information content (AvgIpc) is 3.52. The van der Waals surface area contributed by atoms with Gasteiger partial charge in [0.05, 0.1) is 32.1 Å². The molecule has 2 N–H and O–H groups in total. The van der Waals surface area contributed by atoms with Crippen molar-refractivity contribution in [3.05, 3.63) is 60.6 Å². The first kappa shape index (κ1) is 22.2. The number of alkyl carbamates (subject to hydrolysis) is 1. The maximum absolute atomic E-state index is 12.4. The molecule has 4 rings (SSSR count). The highest BCUT2D eigenvalue weighted by Gasteiger charge is 2.19. The van der Waals surface area contributed by atoms with Crippen LogP contribution >= 0.6 is 0 Å². The molecule has 10 nitrogen and oxygen atoms in total. The van der Waals surface area contributed by atoms with E-state index < -0.39 is 12.2 Å². The van der Waals surface area contributed by atoms with Crippen LogP contribution < -0.4 is 20.1 Å². The lowest BCUT2D eigenvalue weighted by atomic mass is 10.1. The van der Waals surface area contributed by atoms with Gasteiger partial charge >= 0.3 is 12.2 Å². The second kappa shape index (κ2) is 10.5. The summed E-state index contributed by atoms with van der Waals surface area (Å²) in [6.45, 7) is 1.24. The number of anilines is 1. The molecule has 1 aliphatic heterocycles. The summed E-state index contributed by atoms with van der Waals surface area (Å²) in [7, 11) is 1.52. The standard InChI is InChI=1S/C23H23N3O7/c1-29-20-10-16(5-6-19(20)21-12-24-14-31-21)26-23(28)32-17-4-2-3-15(9-17)11-25-22(27)33-18-7-8-30-13-18/h2-6,9-10,12,14,18H,7-8,11,13H2,1H3,(H,25,27)(H,26,28)/t18-/m0/s1. The molecule has 2 aromatic carbocycles. The Morgan fingerprint density at radius 3 is 2.85 bits per heavy atom. The first-order valence-corrected chi connectivity index (χ1v) is 10.3. The number of methoxy groups -OCH3 is 1. The summed E-state index contributed by atoms with van der Waals surface area (Å²) in [5.74, 6) is 1.38. The van der Waals surface area contributed by atoms with E-state index in [0.29, 0.717) is 48.1 Å². The van der Waals surface area contributed by atoms with Crippen LogP contribution in [0.2, 0.25) is 0 Å². The topological polar surface area (TPSA) is 121 Å². The van der Waals surface area contributed by atoms with E-state index in [1.807, 2.05) is 0 Å². The zero-order valence-electron chi connectivity index (χ0n) is 17.9. The molecule has 33 heavy (non-hydrogen) atoms. The number of ether oxygens (including phenoxy) is 4. The molecule has 3 aromatic rings. The van der Waals surface area contributed by atoms with Crippen molar-refractivity contribution in [2.45, 2.75) is 19.1 Å². The van der Waals surface area contributed by atoms with Crippen LogP contribution in [0.4, 0.5) is 15.3 Å². The van der Waals surface area contributed by atoms with E-state index >= 15 is 0 Å². The molecule has 2 heterocycles. The van der Waals surface area contributed by atoms with Crippen LogP contribution in [0.5, 0.6) is 11.5 Å². The number of hydrogen-bond acceptors (Lipinski definition) is 8. The van der Waals surface area contributed by atoms with Gasteiger partial charge in [0.2, 0.25) is 0 Å². The lowest BCUT2D eigenvalue weighted by Gasteiger charge is -2.12. The largest absolute Gasteiger partial charge is 0.496 e. The van der Waals surface area contributed by atoms with Crippen molar-refractivity contribution < 1.29 is 33.0 Å². The molecule has 0 unspecified atom stereocenters. The summed E-state index contributed by atoms with van der Waals surface area (Å²) in [6, 6.07) is 11.9. The molecular formula is C23H23N3O7. The molecule has 1 aromatic heterocycles. The van der Waals surface area contributed by atoms with Crippen LogP contribution in [0, 0.1) is 0 Å². The molecular weight excluding hydrogens is 430 g/mol. The normalized spacial score (nSPS) is 15.0. The van der Waals surface area contributed by atoms with Crippen molar-refractivity contribution in [3.63, 3.8) is 0 Å². The van der Waals surface area contributed by atoms with E-state index in [-0.39, 0.29) is 12.6 Å². The molecule has 2 amide bonds. The van der Waals surface area contributed by atoms with Crippen LogP contribution in [0.25, 0.3) is 11.3 Å². The molecule has 0 bridgehead atoms. The summed E-state index contributed by atoms with van der Waals surface area (Å²) in [4.78, 5) is 28.1. The van der Waals surface area contributed by atoms with Crippen LogP contribution in [0.1, 0.15) is 12.0 Å². The third kappa shape index (κ3) is 6.01. The fourth-order valence-corrected chi connectivity index (χ4v) is 3.26. The molecule has 10 heteroatoms. The minimum absolute atomic E-state index is 0.216. The van der Waals surface area contributed by atoms with E-state index in [2.05, 4.69) is 15.6 Å². The van der Waals surface area contributed by atoms with Crippen LogP contribution in [0.3, 0.4) is 0 Å². The molecule has 0 spiro atoms. The fraction of sp³-hybridized carbons (Fsp3) is 0.261. The second-order valence-corrected chi connectivity index (χ2v) is 7.19. The maximum Gasteiger partial charge on any atom is 0.417 e. The molecule has 1 saturated heterocycles. The lowest BCUT2D eigenvalue weighted by Crippen LogP contribution is -2.28.